The molecule has 0 saturated carbocycles. The number of amides is 1. The van der Waals surface area contributed by atoms with Gasteiger partial charge < -0.3 is 14.7 Å². The molecule has 0 radical (unpaired) electrons. The van der Waals surface area contributed by atoms with Gasteiger partial charge in [0.25, 0.3) is 0 Å². The summed E-state index contributed by atoms with van der Waals surface area (Å²) in [5.74, 6) is -0.200. The van der Waals surface area contributed by atoms with Gasteiger partial charge in [0.15, 0.2) is 0 Å². The zero-order chi connectivity index (χ0) is 11.4. The zero-order valence-electron chi connectivity index (χ0n) is 8.90. The van der Waals surface area contributed by atoms with Crippen molar-refractivity contribution in [3.8, 4) is 0 Å². The number of carboxylic acid groups (broad SMARTS) is 1. The Morgan fingerprint density at radius 3 is 2.60 bits per heavy atom. The molecule has 1 aliphatic rings. The van der Waals surface area contributed by atoms with Gasteiger partial charge >= 0.3 is 12.1 Å². The first kappa shape index (κ1) is 11.6. The molecule has 0 bridgehead atoms. The molecule has 1 N–H and O–H groups in total. The van der Waals surface area contributed by atoms with E-state index in [0.29, 0.717) is 19.7 Å². The van der Waals surface area contributed by atoms with E-state index >= 15 is 0 Å². The molecule has 1 aliphatic heterocycles. The molecule has 1 fully saturated rings. The molecule has 5 nitrogen and oxygen atoms in total. The van der Waals surface area contributed by atoms with Crippen molar-refractivity contribution >= 4 is 12.1 Å². The maximum Gasteiger partial charge on any atom is 0.407 e. The van der Waals surface area contributed by atoms with E-state index in [-0.39, 0.29) is 11.9 Å². The number of carbonyl (C=O) groups is 2. The lowest BCUT2D eigenvalue weighted by Gasteiger charge is -2.37. The SMILES string of the molecule is CCOC(=O)/C=C(\C)C1CN(C(=O)O)C1. The second-order valence-electron chi connectivity index (χ2n) is 3.52. The average molecular weight is 213 g/mol. The molecule has 5 heteroatoms. The average Bonchev–Trinajstić information content (AvgIpc) is 1.99. The van der Waals surface area contributed by atoms with Gasteiger partial charge in [-0.1, -0.05) is 5.57 Å². The Kier molecular flexibility index (Phi) is 3.71. The van der Waals surface area contributed by atoms with Gasteiger partial charge in [-0.25, -0.2) is 9.59 Å². The molecule has 0 unspecified atom stereocenters. The van der Waals surface area contributed by atoms with Gasteiger partial charge in [0, 0.05) is 25.1 Å². The van der Waals surface area contributed by atoms with Crippen LogP contribution in [0.2, 0.25) is 0 Å². The van der Waals surface area contributed by atoms with Gasteiger partial charge in [0.1, 0.15) is 0 Å². The van der Waals surface area contributed by atoms with Crippen LogP contribution in [0.3, 0.4) is 0 Å². The lowest BCUT2D eigenvalue weighted by Crippen LogP contribution is -2.49. The Morgan fingerprint density at radius 1 is 1.53 bits per heavy atom. The third kappa shape index (κ3) is 2.97. The number of hydrogen-bond acceptors (Lipinski definition) is 3. The maximum atomic E-state index is 11.1. The minimum Gasteiger partial charge on any atom is -0.465 e. The van der Waals surface area contributed by atoms with Crippen molar-refractivity contribution in [2.24, 2.45) is 5.92 Å². The van der Waals surface area contributed by atoms with Crippen LogP contribution in [0, 0.1) is 5.92 Å². The first-order chi connectivity index (χ1) is 7.04. The van der Waals surface area contributed by atoms with Crippen molar-refractivity contribution in [3.63, 3.8) is 0 Å². The maximum absolute atomic E-state index is 11.1. The van der Waals surface area contributed by atoms with E-state index in [1.165, 1.54) is 11.0 Å². The Labute approximate surface area is 88.3 Å². The molecule has 84 valence electrons. The normalized spacial score (nSPS) is 17.2. The number of nitrogens with zero attached hydrogens (tertiary/aromatic N) is 1. The molecule has 0 aromatic rings. The molecule has 0 aromatic heterocycles. The first-order valence-corrected chi connectivity index (χ1v) is 4.87. The van der Waals surface area contributed by atoms with Crippen LogP contribution in [0.15, 0.2) is 11.6 Å². The number of carbonyl (C=O) groups excluding carboxylic acids is 1. The van der Waals surface area contributed by atoms with Crippen LogP contribution in [-0.2, 0) is 9.53 Å². The topological polar surface area (TPSA) is 66.8 Å². The predicted molar refractivity (Wildman–Crippen MR) is 53.5 cm³/mol. The monoisotopic (exact) mass is 213 g/mol. The minimum atomic E-state index is -0.907. The summed E-state index contributed by atoms with van der Waals surface area (Å²) in [6, 6.07) is 0. The molecule has 15 heavy (non-hydrogen) atoms. The Balaban J connectivity index is 2.40. The van der Waals surface area contributed by atoms with E-state index < -0.39 is 6.09 Å². The summed E-state index contributed by atoms with van der Waals surface area (Å²) >= 11 is 0. The molecule has 0 aromatic carbocycles. The van der Waals surface area contributed by atoms with Gasteiger partial charge in [-0.2, -0.15) is 0 Å². The summed E-state index contributed by atoms with van der Waals surface area (Å²) in [6.45, 7) is 4.86. The van der Waals surface area contributed by atoms with Crippen LogP contribution in [0.1, 0.15) is 13.8 Å². The van der Waals surface area contributed by atoms with Crippen molar-refractivity contribution < 1.29 is 19.4 Å². The highest BCUT2D eigenvalue weighted by Crippen LogP contribution is 2.22. The quantitative estimate of drug-likeness (QED) is 0.563. The second kappa shape index (κ2) is 4.82. The van der Waals surface area contributed by atoms with Crippen molar-refractivity contribution in [3.05, 3.63) is 11.6 Å². The molecular formula is C10H15NO4. The van der Waals surface area contributed by atoms with Gasteiger partial charge in [-0.3, -0.25) is 0 Å². The molecule has 0 aliphatic carbocycles. The summed E-state index contributed by atoms with van der Waals surface area (Å²) in [5.41, 5.74) is 0.881. The fraction of sp³-hybridized carbons (Fsp3) is 0.600. The van der Waals surface area contributed by atoms with Crippen LogP contribution in [0.25, 0.3) is 0 Å². The van der Waals surface area contributed by atoms with Gasteiger partial charge in [-0.05, 0) is 13.8 Å². The number of likely N-dealkylation sites (tertiary alicyclic amines) is 1. The second-order valence-corrected chi connectivity index (χ2v) is 3.52. The Morgan fingerprint density at radius 2 is 2.13 bits per heavy atom. The number of hydrogen-bond donors (Lipinski definition) is 1. The highest BCUT2D eigenvalue weighted by atomic mass is 16.5. The fourth-order valence-corrected chi connectivity index (χ4v) is 1.41. The van der Waals surface area contributed by atoms with E-state index in [2.05, 4.69) is 0 Å². The first-order valence-electron chi connectivity index (χ1n) is 4.87. The summed E-state index contributed by atoms with van der Waals surface area (Å²) in [7, 11) is 0. The molecular weight excluding hydrogens is 198 g/mol. The van der Waals surface area contributed by atoms with Crippen LogP contribution in [0.4, 0.5) is 4.79 Å². The van der Waals surface area contributed by atoms with E-state index in [1.807, 2.05) is 6.92 Å². The Hall–Kier alpha value is -1.52. The largest absolute Gasteiger partial charge is 0.465 e. The van der Waals surface area contributed by atoms with Crippen LogP contribution in [0.5, 0.6) is 0 Å². The molecule has 1 rings (SSSR count). The van der Waals surface area contributed by atoms with Crippen molar-refractivity contribution in [1.29, 1.82) is 0 Å². The van der Waals surface area contributed by atoms with Crippen molar-refractivity contribution in [2.45, 2.75) is 13.8 Å². The molecule has 0 spiro atoms. The lowest BCUT2D eigenvalue weighted by molar-refractivity contribution is -0.137. The molecule has 0 atom stereocenters. The highest BCUT2D eigenvalue weighted by Gasteiger charge is 2.31. The molecule has 1 amide bonds. The summed E-state index contributed by atoms with van der Waals surface area (Å²) < 4.78 is 4.76. The third-order valence-corrected chi connectivity index (χ3v) is 2.43. The van der Waals surface area contributed by atoms with E-state index in [0.717, 1.165) is 5.57 Å². The fourth-order valence-electron chi connectivity index (χ4n) is 1.41. The van der Waals surface area contributed by atoms with E-state index in [1.54, 1.807) is 6.92 Å². The van der Waals surface area contributed by atoms with E-state index in [4.69, 9.17) is 9.84 Å². The van der Waals surface area contributed by atoms with Crippen LogP contribution < -0.4 is 0 Å². The number of ether oxygens (including phenoxy) is 1. The van der Waals surface area contributed by atoms with E-state index in [9.17, 15) is 9.59 Å². The van der Waals surface area contributed by atoms with Gasteiger partial charge in [0.05, 0.1) is 6.61 Å². The summed E-state index contributed by atoms with van der Waals surface area (Å²) in [5, 5.41) is 8.61. The molecule has 1 saturated heterocycles. The minimum absolute atomic E-state index is 0.158. The van der Waals surface area contributed by atoms with Crippen LogP contribution in [-0.4, -0.2) is 41.8 Å². The zero-order valence-corrected chi connectivity index (χ0v) is 8.90. The van der Waals surface area contributed by atoms with Crippen LogP contribution >= 0.6 is 0 Å². The number of rotatable bonds is 3. The van der Waals surface area contributed by atoms with Crippen molar-refractivity contribution in [2.75, 3.05) is 19.7 Å². The van der Waals surface area contributed by atoms with Gasteiger partial charge in [-0.15, -0.1) is 0 Å². The standard InChI is InChI=1S/C10H15NO4/c1-3-15-9(12)4-7(2)8-5-11(6-8)10(13)14/h4,8H,3,5-6H2,1-2H3,(H,13,14)/b7-4+. The van der Waals surface area contributed by atoms with Gasteiger partial charge in [0.2, 0.25) is 0 Å². The Bertz CT molecular complexity index is 292. The summed E-state index contributed by atoms with van der Waals surface area (Å²) in [6.07, 6.45) is 0.531. The number of esters is 1. The lowest BCUT2D eigenvalue weighted by atomic mass is 9.92. The predicted octanol–water partition coefficient (Wildman–Crippen LogP) is 1.11. The summed E-state index contributed by atoms with van der Waals surface area (Å²) in [4.78, 5) is 22.9. The van der Waals surface area contributed by atoms with Crippen molar-refractivity contribution in [1.82, 2.24) is 4.90 Å². The molecule has 1 heterocycles. The smallest absolute Gasteiger partial charge is 0.407 e. The third-order valence-electron chi connectivity index (χ3n) is 2.43. The highest BCUT2D eigenvalue weighted by molar-refractivity contribution is 5.82.